The van der Waals surface area contributed by atoms with Gasteiger partial charge in [-0.25, -0.2) is 0 Å². The summed E-state index contributed by atoms with van der Waals surface area (Å²) in [5.41, 5.74) is 5.79. The Morgan fingerprint density at radius 2 is 1.81 bits per heavy atom. The molecule has 2 N–H and O–H groups in total. The minimum Gasteiger partial charge on any atom is -0.379 e. The predicted octanol–water partition coefficient (Wildman–Crippen LogP) is 4.98. The van der Waals surface area contributed by atoms with Crippen LogP contribution in [0.3, 0.4) is 0 Å². The maximum absolute atomic E-state index is 11.5. The van der Waals surface area contributed by atoms with Crippen molar-refractivity contribution >= 4 is 23.0 Å². The maximum atomic E-state index is 11.5. The van der Waals surface area contributed by atoms with Crippen LogP contribution in [-0.4, -0.2) is 18.5 Å². The summed E-state index contributed by atoms with van der Waals surface area (Å²) in [4.78, 5) is 13.9. The van der Waals surface area contributed by atoms with Crippen LogP contribution in [0.15, 0.2) is 42.5 Å². The van der Waals surface area contributed by atoms with Crippen molar-refractivity contribution in [1.29, 1.82) is 0 Å². The van der Waals surface area contributed by atoms with Crippen LogP contribution in [0.25, 0.3) is 0 Å². The van der Waals surface area contributed by atoms with Gasteiger partial charge in [0.25, 0.3) is 0 Å². The molecule has 0 fully saturated rings. The lowest BCUT2D eigenvalue weighted by atomic mass is 9.97. The fraction of sp³-hybridized carbons (Fsp3) is 0.409. The zero-order valence-corrected chi connectivity index (χ0v) is 16.2. The number of fused-ring (bicyclic) bond motifs is 1. The molecule has 0 bridgehead atoms. The lowest BCUT2D eigenvalue weighted by Gasteiger charge is -2.28. The third-order valence-electron chi connectivity index (χ3n) is 5.07. The van der Waals surface area contributed by atoms with Gasteiger partial charge in [0, 0.05) is 42.1 Å². The molecular formula is C22H29N3O. The molecule has 0 spiro atoms. The molecule has 4 heteroatoms. The average Bonchev–Trinajstić information content (AvgIpc) is 2.63. The van der Waals surface area contributed by atoms with Crippen molar-refractivity contribution in [3.63, 3.8) is 0 Å². The van der Waals surface area contributed by atoms with Crippen LogP contribution in [0.5, 0.6) is 0 Å². The van der Waals surface area contributed by atoms with Gasteiger partial charge in [-0.3, -0.25) is 4.79 Å². The summed E-state index contributed by atoms with van der Waals surface area (Å²) in [5.74, 6) is 0.110. The number of carbonyl (C=O) groups is 1. The molecule has 26 heavy (non-hydrogen) atoms. The van der Waals surface area contributed by atoms with Crippen molar-refractivity contribution in [3.8, 4) is 0 Å². The van der Waals surface area contributed by atoms with Gasteiger partial charge in [0.1, 0.15) is 0 Å². The summed E-state index contributed by atoms with van der Waals surface area (Å²) >= 11 is 0. The van der Waals surface area contributed by atoms with Crippen LogP contribution >= 0.6 is 0 Å². The highest BCUT2D eigenvalue weighted by Gasteiger charge is 2.16. The molecule has 1 heterocycles. The summed E-state index contributed by atoms with van der Waals surface area (Å²) < 4.78 is 0. The Hall–Kier alpha value is -2.49. The fourth-order valence-electron chi connectivity index (χ4n) is 3.60. The maximum Gasteiger partial charge on any atom is 0.224 e. The monoisotopic (exact) mass is 351 g/mol. The number of hydrogen-bond donors (Lipinski definition) is 2. The molecule has 2 aromatic carbocycles. The zero-order valence-electron chi connectivity index (χ0n) is 16.2. The largest absolute Gasteiger partial charge is 0.379 e. The minimum atomic E-state index is 0.110. The second-order valence-electron chi connectivity index (χ2n) is 7.26. The smallest absolute Gasteiger partial charge is 0.224 e. The third-order valence-corrected chi connectivity index (χ3v) is 5.07. The Kier molecular flexibility index (Phi) is 5.50. The van der Waals surface area contributed by atoms with E-state index in [1.807, 2.05) is 6.07 Å². The zero-order chi connectivity index (χ0) is 18.7. The second-order valence-corrected chi connectivity index (χ2v) is 7.26. The van der Waals surface area contributed by atoms with E-state index in [0.29, 0.717) is 12.5 Å². The highest BCUT2D eigenvalue weighted by molar-refractivity contribution is 5.93. The molecule has 0 aliphatic carbocycles. The molecule has 3 rings (SSSR count). The van der Waals surface area contributed by atoms with Gasteiger partial charge >= 0.3 is 0 Å². The number of carbonyl (C=O) groups excluding carboxylic acids is 1. The highest BCUT2D eigenvalue weighted by atomic mass is 16.1. The molecular weight excluding hydrogens is 322 g/mol. The molecule has 0 aromatic heterocycles. The van der Waals surface area contributed by atoms with Gasteiger partial charge in [0.05, 0.1) is 0 Å². The Labute approximate surface area is 156 Å². The summed E-state index contributed by atoms with van der Waals surface area (Å²) in [5, 5.41) is 6.52. The molecule has 0 saturated heterocycles. The van der Waals surface area contributed by atoms with Crippen molar-refractivity contribution in [3.05, 3.63) is 53.6 Å². The number of hydrogen-bond acceptors (Lipinski definition) is 3. The minimum absolute atomic E-state index is 0.110. The number of amides is 1. The van der Waals surface area contributed by atoms with Crippen LogP contribution in [-0.2, 0) is 11.2 Å². The molecule has 1 aliphatic heterocycles. The van der Waals surface area contributed by atoms with Gasteiger partial charge in [0.15, 0.2) is 0 Å². The Bertz CT molecular complexity index is 767. The van der Waals surface area contributed by atoms with Crippen molar-refractivity contribution in [2.24, 2.45) is 0 Å². The molecule has 2 aromatic rings. The van der Waals surface area contributed by atoms with Crippen LogP contribution in [0.4, 0.5) is 17.1 Å². The Morgan fingerprint density at radius 3 is 2.46 bits per heavy atom. The lowest BCUT2D eigenvalue weighted by Crippen LogP contribution is -2.30. The topological polar surface area (TPSA) is 44.4 Å². The molecule has 138 valence electrons. The summed E-state index contributed by atoms with van der Waals surface area (Å²) in [6.45, 7) is 9.80. The normalized spacial score (nSPS) is 14.6. The molecule has 0 saturated carbocycles. The van der Waals surface area contributed by atoms with Crippen LogP contribution in [0.2, 0.25) is 0 Å². The molecule has 1 aliphatic rings. The standard InChI is InChI=1S/C22H29N3O/c1-5-25(15(2)3)20-10-8-19(9-11-20)23-16(4)17-6-12-21-18(14-17)7-13-22(26)24-21/h6,8-12,14-16,23H,5,7,13H2,1-4H3,(H,24,26). The molecule has 1 atom stereocenters. The molecule has 0 radical (unpaired) electrons. The van der Waals surface area contributed by atoms with Crippen molar-refractivity contribution in [1.82, 2.24) is 0 Å². The first-order chi connectivity index (χ1) is 12.5. The van der Waals surface area contributed by atoms with Crippen molar-refractivity contribution in [2.45, 2.75) is 52.6 Å². The van der Waals surface area contributed by atoms with Crippen LogP contribution in [0.1, 0.15) is 51.3 Å². The van der Waals surface area contributed by atoms with E-state index in [-0.39, 0.29) is 11.9 Å². The molecule has 4 nitrogen and oxygen atoms in total. The van der Waals surface area contributed by atoms with Gasteiger partial charge in [0.2, 0.25) is 5.91 Å². The van der Waals surface area contributed by atoms with Gasteiger partial charge < -0.3 is 15.5 Å². The number of aryl methyl sites for hydroxylation is 1. The molecule has 1 unspecified atom stereocenters. The van der Waals surface area contributed by atoms with E-state index >= 15 is 0 Å². The number of anilines is 3. The van der Waals surface area contributed by atoms with Gasteiger partial charge in [-0.05, 0) is 75.6 Å². The molecule has 1 amide bonds. The Balaban J connectivity index is 1.70. The summed E-state index contributed by atoms with van der Waals surface area (Å²) in [6, 6.07) is 15.7. The number of nitrogens with one attached hydrogen (secondary N) is 2. The highest BCUT2D eigenvalue weighted by Crippen LogP contribution is 2.28. The first-order valence-corrected chi connectivity index (χ1v) is 9.54. The van der Waals surface area contributed by atoms with Gasteiger partial charge in [-0.2, -0.15) is 0 Å². The fourth-order valence-corrected chi connectivity index (χ4v) is 3.60. The second kappa shape index (κ2) is 7.81. The van der Waals surface area contributed by atoms with Crippen molar-refractivity contribution in [2.75, 3.05) is 22.1 Å². The van der Waals surface area contributed by atoms with E-state index in [2.05, 4.69) is 79.6 Å². The Morgan fingerprint density at radius 1 is 1.08 bits per heavy atom. The first-order valence-electron chi connectivity index (χ1n) is 9.54. The summed E-state index contributed by atoms with van der Waals surface area (Å²) in [7, 11) is 0. The van der Waals surface area contributed by atoms with Crippen LogP contribution in [0, 0.1) is 0 Å². The third kappa shape index (κ3) is 4.01. The van der Waals surface area contributed by atoms with E-state index < -0.39 is 0 Å². The number of benzene rings is 2. The van der Waals surface area contributed by atoms with E-state index in [1.54, 1.807) is 0 Å². The van der Waals surface area contributed by atoms with E-state index in [9.17, 15) is 4.79 Å². The van der Waals surface area contributed by atoms with Gasteiger partial charge in [-0.1, -0.05) is 12.1 Å². The number of rotatable bonds is 6. The van der Waals surface area contributed by atoms with E-state index in [1.165, 1.54) is 16.8 Å². The van der Waals surface area contributed by atoms with Gasteiger partial charge in [-0.15, -0.1) is 0 Å². The lowest BCUT2D eigenvalue weighted by molar-refractivity contribution is -0.116. The van der Waals surface area contributed by atoms with E-state index in [4.69, 9.17) is 0 Å². The van der Waals surface area contributed by atoms with Crippen molar-refractivity contribution < 1.29 is 4.79 Å². The number of nitrogens with zero attached hydrogens (tertiary/aromatic N) is 1. The predicted molar refractivity (Wildman–Crippen MR) is 110 cm³/mol. The first kappa shape index (κ1) is 18.3. The summed E-state index contributed by atoms with van der Waals surface area (Å²) in [6.07, 6.45) is 1.39. The average molecular weight is 351 g/mol. The quantitative estimate of drug-likeness (QED) is 0.771. The van der Waals surface area contributed by atoms with E-state index in [0.717, 1.165) is 24.3 Å². The van der Waals surface area contributed by atoms with Crippen LogP contribution < -0.4 is 15.5 Å². The SMILES string of the molecule is CCN(c1ccc(NC(C)c2ccc3c(c2)CCC(=O)N3)cc1)C(C)C.